The predicted molar refractivity (Wildman–Crippen MR) is 94.7 cm³/mol. The number of rotatable bonds is 7. The summed E-state index contributed by atoms with van der Waals surface area (Å²) >= 11 is 0. The Hall–Kier alpha value is -2.41. The summed E-state index contributed by atoms with van der Waals surface area (Å²) in [5, 5.41) is 9.48. The number of aliphatic hydroxyl groups is 1. The molecular weight excluding hydrogens is 323 g/mol. The lowest BCUT2D eigenvalue weighted by Gasteiger charge is -2.25. The number of para-hydroxylation sites is 1. The van der Waals surface area contributed by atoms with E-state index in [1.165, 1.54) is 12.4 Å². The van der Waals surface area contributed by atoms with Crippen LogP contribution in [0.15, 0.2) is 36.7 Å². The molecule has 0 saturated carbocycles. The fourth-order valence-electron chi connectivity index (χ4n) is 3.00. The van der Waals surface area contributed by atoms with Crippen LogP contribution < -0.4 is 14.5 Å². The molecule has 1 atom stereocenters. The predicted octanol–water partition coefficient (Wildman–Crippen LogP) is 2.09. The molecule has 2 aromatic rings. The number of benzene rings is 1. The molecule has 7 heteroatoms. The summed E-state index contributed by atoms with van der Waals surface area (Å²) in [6.45, 7) is 1.93. The summed E-state index contributed by atoms with van der Waals surface area (Å²) in [4.78, 5) is 12.7. The van der Waals surface area contributed by atoms with Gasteiger partial charge in [-0.1, -0.05) is 12.1 Å². The second-order valence-corrected chi connectivity index (χ2v) is 6.11. The van der Waals surface area contributed by atoms with Gasteiger partial charge in [0.25, 0.3) is 0 Å². The molecule has 1 aliphatic rings. The van der Waals surface area contributed by atoms with Crippen LogP contribution in [0.2, 0.25) is 0 Å². The molecule has 134 valence electrons. The first kappa shape index (κ1) is 17.4. The Bertz CT molecular complexity index is 700. The summed E-state index contributed by atoms with van der Waals surface area (Å²) < 4.78 is 19.0. The number of ether oxygens (including phenoxy) is 1. The minimum absolute atomic E-state index is 0.123. The Labute approximate surface area is 146 Å². The zero-order valence-electron chi connectivity index (χ0n) is 14.3. The Morgan fingerprint density at radius 1 is 1.36 bits per heavy atom. The van der Waals surface area contributed by atoms with Crippen molar-refractivity contribution in [3.63, 3.8) is 0 Å². The number of hydrogen-bond donors (Lipinski definition) is 1. The third-order valence-corrected chi connectivity index (χ3v) is 4.43. The van der Waals surface area contributed by atoms with Crippen LogP contribution in [0.1, 0.15) is 12.8 Å². The van der Waals surface area contributed by atoms with Crippen molar-refractivity contribution in [3.8, 4) is 5.75 Å². The van der Waals surface area contributed by atoms with Crippen LogP contribution in [0, 0.1) is 5.82 Å². The highest BCUT2D eigenvalue weighted by atomic mass is 19.1. The molecule has 0 radical (unpaired) electrons. The number of halogens is 1. The van der Waals surface area contributed by atoms with Gasteiger partial charge in [-0.15, -0.1) is 0 Å². The van der Waals surface area contributed by atoms with Gasteiger partial charge >= 0.3 is 0 Å². The maximum Gasteiger partial charge on any atom is 0.165 e. The molecule has 3 rings (SSSR count). The number of hydrogen-bond acceptors (Lipinski definition) is 6. The standard InChI is InChI=1S/C18H23FN4O2/c1-22(9-10-25-16-7-3-2-6-15(16)19)17-11-18(21-13-20-17)23-8-4-5-14(23)12-24/h2-3,6-7,11,13-14,24H,4-5,8-10,12H2,1H3/t14-/m0/s1. The van der Waals surface area contributed by atoms with Gasteiger partial charge < -0.3 is 19.6 Å². The molecule has 0 amide bonds. The van der Waals surface area contributed by atoms with Gasteiger partial charge in [-0.05, 0) is 25.0 Å². The molecule has 0 spiro atoms. The van der Waals surface area contributed by atoms with Gasteiger partial charge in [0.2, 0.25) is 0 Å². The Morgan fingerprint density at radius 2 is 2.20 bits per heavy atom. The Kier molecular flexibility index (Phi) is 5.65. The zero-order valence-corrected chi connectivity index (χ0v) is 14.3. The first-order valence-electron chi connectivity index (χ1n) is 8.47. The Morgan fingerprint density at radius 3 is 3.00 bits per heavy atom. The third kappa shape index (κ3) is 4.17. The Balaban J connectivity index is 1.60. The highest BCUT2D eigenvalue weighted by molar-refractivity contribution is 5.51. The monoisotopic (exact) mass is 346 g/mol. The molecule has 25 heavy (non-hydrogen) atoms. The number of nitrogens with zero attached hydrogens (tertiary/aromatic N) is 4. The number of aromatic nitrogens is 2. The van der Waals surface area contributed by atoms with E-state index in [2.05, 4.69) is 14.9 Å². The van der Waals surface area contributed by atoms with E-state index in [9.17, 15) is 9.50 Å². The summed E-state index contributed by atoms with van der Waals surface area (Å²) in [6, 6.07) is 8.40. The summed E-state index contributed by atoms with van der Waals surface area (Å²) in [5.74, 6) is 1.48. The van der Waals surface area contributed by atoms with E-state index in [4.69, 9.17) is 4.74 Å². The van der Waals surface area contributed by atoms with Gasteiger partial charge in [0, 0.05) is 19.7 Å². The smallest absolute Gasteiger partial charge is 0.165 e. The van der Waals surface area contributed by atoms with Crippen LogP contribution in [0.3, 0.4) is 0 Å². The van der Waals surface area contributed by atoms with Crippen LogP contribution in [0.4, 0.5) is 16.0 Å². The van der Waals surface area contributed by atoms with Crippen LogP contribution in [-0.4, -0.2) is 54.5 Å². The molecule has 1 aromatic heterocycles. The van der Waals surface area contributed by atoms with E-state index >= 15 is 0 Å². The third-order valence-electron chi connectivity index (χ3n) is 4.43. The molecule has 0 unspecified atom stereocenters. The van der Waals surface area contributed by atoms with Gasteiger partial charge in [0.15, 0.2) is 11.6 Å². The van der Waals surface area contributed by atoms with E-state index in [1.807, 2.05) is 18.0 Å². The van der Waals surface area contributed by atoms with Crippen LogP contribution >= 0.6 is 0 Å². The fourth-order valence-corrected chi connectivity index (χ4v) is 3.00. The maximum atomic E-state index is 13.5. The molecule has 2 heterocycles. The molecule has 1 N–H and O–H groups in total. The molecule has 6 nitrogen and oxygen atoms in total. The van der Waals surface area contributed by atoms with Crippen LogP contribution in [0.5, 0.6) is 5.75 Å². The highest BCUT2D eigenvalue weighted by Crippen LogP contribution is 2.25. The average molecular weight is 346 g/mol. The number of aliphatic hydroxyl groups excluding tert-OH is 1. The summed E-state index contributed by atoms with van der Waals surface area (Å²) in [6.07, 6.45) is 3.56. The van der Waals surface area contributed by atoms with Gasteiger partial charge in [0.1, 0.15) is 24.6 Å². The van der Waals surface area contributed by atoms with Crippen molar-refractivity contribution in [1.29, 1.82) is 0 Å². The van der Waals surface area contributed by atoms with Gasteiger partial charge in [-0.25, -0.2) is 14.4 Å². The van der Waals surface area contributed by atoms with Crippen molar-refractivity contribution in [2.75, 3.05) is 43.2 Å². The largest absolute Gasteiger partial charge is 0.489 e. The van der Waals surface area contributed by atoms with E-state index in [-0.39, 0.29) is 24.2 Å². The number of likely N-dealkylation sites (N-methyl/N-ethyl adjacent to an activating group) is 1. The van der Waals surface area contributed by atoms with Gasteiger partial charge in [0.05, 0.1) is 19.2 Å². The highest BCUT2D eigenvalue weighted by Gasteiger charge is 2.25. The molecule has 1 aliphatic heterocycles. The second kappa shape index (κ2) is 8.11. The lowest BCUT2D eigenvalue weighted by molar-refractivity contribution is 0.266. The molecule has 1 aromatic carbocycles. The zero-order chi connectivity index (χ0) is 17.6. The van der Waals surface area contributed by atoms with Crippen molar-refractivity contribution >= 4 is 11.6 Å². The van der Waals surface area contributed by atoms with Gasteiger partial charge in [-0.2, -0.15) is 0 Å². The van der Waals surface area contributed by atoms with E-state index < -0.39 is 0 Å². The van der Waals surface area contributed by atoms with Crippen molar-refractivity contribution in [2.45, 2.75) is 18.9 Å². The first-order valence-corrected chi connectivity index (χ1v) is 8.47. The van der Waals surface area contributed by atoms with Crippen molar-refractivity contribution < 1.29 is 14.2 Å². The minimum atomic E-state index is -0.362. The second-order valence-electron chi connectivity index (χ2n) is 6.11. The lowest BCUT2D eigenvalue weighted by atomic mass is 10.2. The van der Waals surface area contributed by atoms with Crippen molar-refractivity contribution in [2.24, 2.45) is 0 Å². The topological polar surface area (TPSA) is 61.7 Å². The maximum absolute atomic E-state index is 13.5. The quantitative estimate of drug-likeness (QED) is 0.828. The van der Waals surface area contributed by atoms with Crippen LogP contribution in [-0.2, 0) is 0 Å². The van der Waals surface area contributed by atoms with E-state index in [0.29, 0.717) is 13.2 Å². The minimum Gasteiger partial charge on any atom is -0.489 e. The normalized spacial score (nSPS) is 16.9. The van der Waals surface area contributed by atoms with Crippen LogP contribution in [0.25, 0.3) is 0 Å². The average Bonchev–Trinajstić information content (AvgIpc) is 3.12. The van der Waals surface area contributed by atoms with E-state index in [1.54, 1.807) is 18.2 Å². The lowest BCUT2D eigenvalue weighted by Crippen LogP contribution is -2.33. The molecule has 0 aliphatic carbocycles. The van der Waals surface area contributed by atoms with Crippen molar-refractivity contribution in [3.05, 3.63) is 42.5 Å². The molecule has 0 bridgehead atoms. The number of anilines is 2. The van der Waals surface area contributed by atoms with Gasteiger partial charge in [-0.3, -0.25) is 0 Å². The fraction of sp³-hybridized carbons (Fsp3) is 0.444. The molecule has 1 fully saturated rings. The molecule has 1 saturated heterocycles. The summed E-state index contributed by atoms with van der Waals surface area (Å²) in [5.41, 5.74) is 0. The summed E-state index contributed by atoms with van der Waals surface area (Å²) in [7, 11) is 1.91. The van der Waals surface area contributed by atoms with E-state index in [0.717, 1.165) is 31.0 Å². The molecular formula is C18H23FN4O2. The van der Waals surface area contributed by atoms with Crippen molar-refractivity contribution in [1.82, 2.24) is 9.97 Å². The first-order chi connectivity index (χ1) is 12.2. The SMILES string of the molecule is CN(CCOc1ccccc1F)c1cc(N2CCC[C@H]2CO)ncn1.